The number of amides is 2. The molecule has 0 aromatic carbocycles. The van der Waals surface area contributed by atoms with Gasteiger partial charge in [-0.2, -0.15) is 0 Å². The Bertz CT molecular complexity index is 832. The maximum absolute atomic E-state index is 13.0. The summed E-state index contributed by atoms with van der Waals surface area (Å²) in [6.45, 7) is 4.77. The summed E-state index contributed by atoms with van der Waals surface area (Å²) in [6, 6.07) is 5.77. The van der Waals surface area contributed by atoms with Crippen LogP contribution in [0.15, 0.2) is 36.8 Å². The van der Waals surface area contributed by atoms with Crippen LogP contribution in [-0.4, -0.2) is 51.2 Å². The molecule has 0 aliphatic carbocycles. The number of likely N-dealkylation sites (tertiary alicyclic amines) is 2. The standard InChI is InChI=1S/C21H26N4O2/c1-16-18(6-10-23-16)20(27)24-11-3-7-21(14-24)8-5-19(26)25(15-21)13-17-4-2-9-22-12-17/h2,4,6,9-10,12,23H,3,5,7-8,11,13-15H2,1H3. The molecule has 27 heavy (non-hydrogen) atoms. The van der Waals surface area contributed by atoms with E-state index < -0.39 is 0 Å². The molecule has 6 heteroatoms. The molecule has 2 aliphatic rings. The fourth-order valence-electron chi connectivity index (χ4n) is 4.53. The molecule has 2 aromatic rings. The largest absolute Gasteiger partial charge is 0.365 e. The number of nitrogens with zero attached hydrogens (tertiary/aromatic N) is 3. The Morgan fingerprint density at radius 3 is 2.93 bits per heavy atom. The molecule has 4 heterocycles. The Morgan fingerprint density at radius 1 is 1.30 bits per heavy atom. The van der Waals surface area contributed by atoms with Crippen molar-refractivity contribution < 1.29 is 9.59 Å². The minimum absolute atomic E-state index is 0.00818. The second-order valence-corrected chi connectivity index (χ2v) is 7.96. The van der Waals surface area contributed by atoms with Crippen molar-refractivity contribution in [2.24, 2.45) is 5.41 Å². The highest BCUT2D eigenvalue weighted by Crippen LogP contribution is 2.39. The normalized spacial score (nSPS) is 23.1. The molecule has 1 N–H and O–H groups in total. The van der Waals surface area contributed by atoms with Crippen LogP contribution in [0, 0.1) is 12.3 Å². The SMILES string of the molecule is Cc1[nH]ccc1C(=O)N1CCCC2(CCC(=O)N(Cc3cccnc3)C2)C1. The topological polar surface area (TPSA) is 69.3 Å². The summed E-state index contributed by atoms with van der Waals surface area (Å²) in [4.78, 5) is 36.6. The maximum atomic E-state index is 13.0. The van der Waals surface area contributed by atoms with Crippen molar-refractivity contribution in [2.45, 2.75) is 39.2 Å². The number of carbonyl (C=O) groups excluding carboxylic acids is 2. The van der Waals surface area contributed by atoms with Gasteiger partial charge in [-0.15, -0.1) is 0 Å². The number of carbonyl (C=O) groups is 2. The molecule has 0 saturated carbocycles. The Labute approximate surface area is 159 Å². The molecule has 1 spiro atoms. The first-order chi connectivity index (χ1) is 13.1. The molecule has 0 bridgehead atoms. The van der Waals surface area contributed by atoms with Crippen LogP contribution in [0.25, 0.3) is 0 Å². The number of aromatic amines is 1. The van der Waals surface area contributed by atoms with E-state index in [1.165, 1.54) is 0 Å². The van der Waals surface area contributed by atoms with Gasteiger partial charge in [-0.05, 0) is 43.9 Å². The zero-order chi connectivity index (χ0) is 18.9. The third kappa shape index (κ3) is 3.61. The average molecular weight is 366 g/mol. The van der Waals surface area contributed by atoms with E-state index in [9.17, 15) is 9.59 Å². The lowest BCUT2D eigenvalue weighted by molar-refractivity contribution is -0.139. The van der Waals surface area contributed by atoms with Gasteiger partial charge in [0.05, 0.1) is 5.56 Å². The molecule has 2 aliphatic heterocycles. The zero-order valence-corrected chi connectivity index (χ0v) is 15.8. The molecule has 0 radical (unpaired) electrons. The second kappa shape index (κ2) is 7.18. The van der Waals surface area contributed by atoms with Gasteiger partial charge in [-0.25, -0.2) is 0 Å². The van der Waals surface area contributed by atoms with Gasteiger partial charge in [0.15, 0.2) is 0 Å². The van der Waals surface area contributed by atoms with Crippen molar-refractivity contribution in [1.82, 2.24) is 19.8 Å². The van der Waals surface area contributed by atoms with Crippen LogP contribution in [0.1, 0.15) is 47.3 Å². The number of hydrogen-bond donors (Lipinski definition) is 1. The fourth-order valence-corrected chi connectivity index (χ4v) is 4.53. The summed E-state index contributed by atoms with van der Waals surface area (Å²) < 4.78 is 0. The molecule has 2 amide bonds. The van der Waals surface area contributed by atoms with Crippen molar-refractivity contribution in [1.29, 1.82) is 0 Å². The van der Waals surface area contributed by atoms with Gasteiger partial charge in [-0.3, -0.25) is 14.6 Å². The van der Waals surface area contributed by atoms with Crippen molar-refractivity contribution >= 4 is 11.8 Å². The number of aryl methyl sites for hydroxylation is 1. The molecular formula is C21H26N4O2. The number of rotatable bonds is 3. The van der Waals surface area contributed by atoms with E-state index in [-0.39, 0.29) is 17.2 Å². The molecular weight excluding hydrogens is 340 g/mol. The van der Waals surface area contributed by atoms with Gasteiger partial charge in [0.1, 0.15) is 0 Å². The first-order valence-electron chi connectivity index (χ1n) is 9.66. The molecule has 4 rings (SSSR count). The van der Waals surface area contributed by atoms with Gasteiger partial charge in [-0.1, -0.05) is 6.07 Å². The van der Waals surface area contributed by atoms with Crippen molar-refractivity contribution in [3.8, 4) is 0 Å². The van der Waals surface area contributed by atoms with Crippen LogP contribution in [-0.2, 0) is 11.3 Å². The van der Waals surface area contributed by atoms with Gasteiger partial charge >= 0.3 is 0 Å². The second-order valence-electron chi connectivity index (χ2n) is 7.96. The lowest BCUT2D eigenvalue weighted by Gasteiger charge is -2.48. The molecule has 2 fully saturated rings. The van der Waals surface area contributed by atoms with Crippen LogP contribution in [0.3, 0.4) is 0 Å². The van der Waals surface area contributed by atoms with E-state index in [1.54, 1.807) is 6.20 Å². The Kier molecular flexibility index (Phi) is 4.72. The molecule has 1 unspecified atom stereocenters. The van der Waals surface area contributed by atoms with Crippen LogP contribution >= 0.6 is 0 Å². The first kappa shape index (κ1) is 17.8. The minimum atomic E-state index is 0.00818. The van der Waals surface area contributed by atoms with Crippen LogP contribution in [0.4, 0.5) is 0 Å². The zero-order valence-electron chi connectivity index (χ0n) is 15.8. The van der Waals surface area contributed by atoms with Crippen LogP contribution in [0.2, 0.25) is 0 Å². The number of aromatic nitrogens is 2. The number of H-pyrrole nitrogens is 1. The van der Waals surface area contributed by atoms with Gasteiger partial charge in [0.25, 0.3) is 5.91 Å². The smallest absolute Gasteiger partial charge is 0.255 e. The Balaban J connectivity index is 1.49. The van der Waals surface area contributed by atoms with Crippen LogP contribution in [0.5, 0.6) is 0 Å². The maximum Gasteiger partial charge on any atom is 0.255 e. The third-order valence-electron chi connectivity index (χ3n) is 5.98. The van der Waals surface area contributed by atoms with Crippen molar-refractivity contribution in [3.63, 3.8) is 0 Å². The van der Waals surface area contributed by atoms with E-state index in [0.29, 0.717) is 13.0 Å². The first-order valence-corrected chi connectivity index (χ1v) is 9.66. The monoisotopic (exact) mass is 366 g/mol. The summed E-state index contributed by atoms with van der Waals surface area (Å²) in [5, 5.41) is 0. The predicted octanol–water partition coefficient (Wildman–Crippen LogP) is 2.76. The summed E-state index contributed by atoms with van der Waals surface area (Å²) in [6.07, 6.45) is 8.87. The summed E-state index contributed by atoms with van der Waals surface area (Å²) in [5.41, 5.74) is 2.73. The fraction of sp³-hybridized carbons (Fsp3) is 0.476. The lowest BCUT2D eigenvalue weighted by Crippen LogP contribution is -2.54. The lowest BCUT2D eigenvalue weighted by atomic mass is 9.73. The average Bonchev–Trinajstić information content (AvgIpc) is 3.11. The Hall–Kier alpha value is -2.63. The Morgan fingerprint density at radius 2 is 2.19 bits per heavy atom. The van der Waals surface area contributed by atoms with E-state index in [4.69, 9.17) is 0 Å². The molecule has 2 aromatic heterocycles. The highest BCUT2D eigenvalue weighted by molar-refractivity contribution is 5.95. The van der Waals surface area contributed by atoms with Crippen molar-refractivity contribution in [2.75, 3.05) is 19.6 Å². The number of piperidine rings is 2. The molecule has 6 nitrogen and oxygen atoms in total. The van der Waals surface area contributed by atoms with Crippen molar-refractivity contribution in [3.05, 3.63) is 53.6 Å². The predicted molar refractivity (Wildman–Crippen MR) is 102 cm³/mol. The summed E-state index contributed by atoms with van der Waals surface area (Å²) >= 11 is 0. The molecule has 1 atom stereocenters. The third-order valence-corrected chi connectivity index (χ3v) is 5.98. The van der Waals surface area contributed by atoms with Gasteiger partial charge in [0.2, 0.25) is 5.91 Å². The number of pyridine rings is 1. The quantitative estimate of drug-likeness (QED) is 0.908. The number of nitrogens with one attached hydrogen (secondary N) is 1. The summed E-state index contributed by atoms with van der Waals surface area (Å²) in [7, 11) is 0. The van der Waals surface area contributed by atoms with E-state index >= 15 is 0 Å². The van der Waals surface area contributed by atoms with E-state index in [2.05, 4.69) is 9.97 Å². The van der Waals surface area contributed by atoms with E-state index in [1.807, 2.05) is 47.3 Å². The van der Waals surface area contributed by atoms with Gasteiger partial charge in [0, 0.05) is 62.3 Å². The highest BCUT2D eigenvalue weighted by Gasteiger charge is 2.43. The number of hydrogen-bond acceptors (Lipinski definition) is 3. The van der Waals surface area contributed by atoms with E-state index in [0.717, 1.165) is 55.7 Å². The van der Waals surface area contributed by atoms with Gasteiger partial charge < -0.3 is 14.8 Å². The molecule has 142 valence electrons. The highest BCUT2D eigenvalue weighted by atomic mass is 16.2. The minimum Gasteiger partial charge on any atom is -0.365 e. The van der Waals surface area contributed by atoms with Crippen LogP contribution < -0.4 is 0 Å². The molecule has 2 saturated heterocycles. The summed E-state index contributed by atoms with van der Waals surface area (Å²) in [5.74, 6) is 0.304.